The first-order chi connectivity index (χ1) is 14.3. The molecule has 9 heteroatoms. The summed E-state index contributed by atoms with van der Waals surface area (Å²) < 4.78 is 5.18. The molecule has 0 saturated carbocycles. The molecule has 30 heavy (non-hydrogen) atoms. The maximum Gasteiger partial charge on any atom is 0.293 e. The van der Waals surface area contributed by atoms with Gasteiger partial charge < -0.3 is 9.84 Å². The predicted octanol–water partition coefficient (Wildman–Crippen LogP) is 4.27. The van der Waals surface area contributed by atoms with Gasteiger partial charge in [0.1, 0.15) is 0 Å². The van der Waals surface area contributed by atoms with Crippen molar-refractivity contribution in [2.45, 2.75) is 13.0 Å². The maximum atomic E-state index is 12.7. The summed E-state index contributed by atoms with van der Waals surface area (Å²) in [5, 5.41) is 20.5. The van der Waals surface area contributed by atoms with E-state index in [4.69, 9.17) is 4.74 Å². The van der Waals surface area contributed by atoms with E-state index >= 15 is 0 Å². The summed E-state index contributed by atoms with van der Waals surface area (Å²) in [6.45, 7) is 3.67. The van der Waals surface area contributed by atoms with Crippen LogP contribution in [0.25, 0.3) is 6.08 Å². The zero-order valence-electron chi connectivity index (χ0n) is 16.0. The lowest BCUT2D eigenvalue weighted by Gasteiger charge is -2.12. The highest BCUT2D eigenvalue weighted by molar-refractivity contribution is 8.18. The SMILES string of the molecule is C=CCc1cc(/C=C2\SC(=O)N(Cc3ccc([N+](=O)[O-])cc3)C2=O)cc(OC)c1O. The Labute approximate surface area is 176 Å². The number of nitro benzene ring substituents is 1. The van der Waals surface area contributed by atoms with Gasteiger partial charge in [0.05, 0.1) is 23.5 Å². The summed E-state index contributed by atoms with van der Waals surface area (Å²) in [5.74, 6) is -0.202. The van der Waals surface area contributed by atoms with Gasteiger partial charge in [-0.1, -0.05) is 18.2 Å². The van der Waals surface area contributed by atoms with Gasteiger partial charge >= 0.3 is 0 Å². The second-order valence-corrected chi connectivity index (χ2v) is 7.41. The third-order valence-electron chi connectivity index (χ3n) is 4.42. The summed E-state index contributed by atoms with van der Waals surface area (Å²) in [6, 6.07) is 8.95. The zero-order chi connectivity index (χ0) is 21.8. The fraction of sp³-hybridized carbons (Fsp3) is 0.143. The van der Waals surface area contributed by atoms with Crippen LogP contribution in [0.15, 0.2) is 54.0 Å². The van der Waals surface area contributed by atoms with E-state index in [1.165, 1.54) is 31.4 Å². The topological polar surface area (TPSA) is 110 Å². The van der Waals surface area contributed by atoms with Gasteiger partial charge in [0.15, 0.2) is 11.5 Å². The number of allylic oxidation sites excluding steroid dienone is 1. The van der Waals surface area contributed by atoms with Crippen molar-refractivity contribution in [3.63, 3.8) is 0 Å². The second-order valence-electron chi connectivity index (χ2n) is 6.42. The Hall–Kier alpha value is -3.59. The number of nitrogens with zero attached hydrogens (tertiary/aromatic N) is 2. The van der Waals surface area contributed by atoms with Crippen LogP contribution in [0.4, 0.5) is 10.5 Å². The number of amides is 2. The molecule has 1 fully saturated rings. The van der Waals surface area contributed by atoms with Gasteiger partial charge in [-0.25, -0.2) is 0 Å². The molecule has 8 nitrogen and oxygen atoms in total. The molecule has 1 N–H and O–H groups in total. The Balaban J connectivity index is 1.85. The van der Waals surface area contributed by atoms with E-state index in [9.17, 15) is 24.8 Å². The summed E-state index contributed by atoms with van der Waals surface area (Å²) >= 11 is 0.808. The molecule has 0 unspecified atom stereocenters. The number of thioether (sulfide) groups is 1. The van der Waals surface area contributed by atoms with Gasteiger partial charge in [-0.3, -0.25) is 24.6 Å². The number of imide groups is 1. The summed E-state index contributed by atoms with van der Waals surface area (Å²) in [7, 11) is 1.43. The molecule has 0 atom stereocenters. The van der Waals surface area contributed by atoms with Crippen LogP contribution in [-0.4, -0.2) is 33.2 Å². The lowest BCUT2D eigenvalue weighted by molar-refractivity contribution is -0.384. The van der Waals surface area contributed by atoms with Crippen molar-refractivity contribution >= 4 is 34.7 Å². The molecule has 2 amide bonds. The molecule has 1 saturated heterocycles. The molecule has 1 aliphatic rings. The Kier molecular flexibility index (Phi) is 6.22. The van der Waals surface area contributed by atoms with Crippen LogP contribution < -0.4 is 4.74 Å². The van der Waals surface area contributed by atoms with Gasteiger partial charge in [-0.2, -0.15) is 0 Å². The molecular weight excluding hydrogens is 408 g/mol. The molecule has 0 spiro atoms. The Bertz CT molecular complexity index is 1060. The number of carbonyl (C=O) groups excluding carboxylic acids is 2. The number of phenolic OH excluding ortho intramolecular Hbond substituents is 1. The first-order valence-electron chi connectivity index (χ1n) is 8.83. The Morgan fingerprint density at radius 1 is 1.27 bits per heavy atom. The quantitative estimate of drug-likeness (QED) is 0.305. The number of methoxy groups -OCH3 is 1. The minimum absolute atomic E-state index is 0.000764. The normalized spacial score (nSPS) is 15.0. The average Bonchev–Trinajstić information content (AvgIpc) is 2.98. The molecule has 1 aliphatic heterocycles. The van der Waals surface area contributed by atoms with Crippen LogP contribution in [0, 0.1) is 10.1 Å². The number of rotatable bonds is 7. The number of phenols is 1. The molecule has 0 aliphatic carbocycles. The highest BCUT2D eigenvalue weighted by Crippen LogP contribution is 2.36. The van der Waals surface area contributed by atoms with E-state index in [-0.39, 0.29) is 28.6 Å². The zero-order valence-corrected chi connectivity index (χ0v) is 16.8. The fourth-order valence-electron chi connectivity index (χ4n) is 2.93. The van der Waals surface area contributed by atoms with Gasteiger partial charge in [0, 0.05) is 17.7 Å². The fourth-order valence-corrected chi connectivity index (χ4v) is 3.77. The second kappa shape index (κ2) is 8.83. The van der Waals surface area contributed by atoms with Crippen molar-refractivity contribution in [3.8, 4) is 11.5 Å². The standard InChI is InChI=1S/C21H18N2O6S/c1-3-4-15-9-14(10-17(29-2)19(15)24)11-18-20(25)22(21(26)30-18)12-13-5-7-16(8-6-13)23(27)28/h3,5-11,24H,1,4,12H2,2H3/b18-11-. The molecule has 0 radical (unpaired) electrons. The van der Waals surface area contributed by atoms with E-state index in [1.54, 1.807) is 24.3 Å². The molecular formula is C21H18N2O6S. The van der Waals surface area contributed by atoms with Crippen molar-refractivity contribution in [3.05, 3.63) is 80.8 Å². The van der Waals surface area contributed by atoms with Crippen LogP contribution in [0.3, 0.4) is 0 Å². The lowest BCUT2D eigenvalue weighted by Crippen LogP contribution is -2.27. The van der Waals surface area contributed by atoms with E-state index in [2.05, 4.69) is 6.58 Å². The monoisotopic (exact) mass is 426 g/mol. The average molecular weight is 426 g/mol. The molecule has 0 bridgehead atoms. The molecule has 2 aromatic rings. The van der Waals surface area contributed by atoms with E-state index in [1.807, 2.05) is 0 Å². The highest BCUT2D eigenvalue weighted by atomic mass is 32.2. The number of aromatic hydroxyl groups is 1. The molecule has 0 aromatic heterocycles. The van der Waals surface area contributed by atoms with Crippen LogP contribution in [0.5, 0.6) is 11.5 Å². The number of hydrogen-bond donors (Lipinski definition) is 1. The molecule has 1 heterocycles. The van der Waals surface area contributed by atoms with E-state index in [0.29, 0.717) is 23.1 Å². The first-order valence-corrected chi connectivity index (χ1v) is 9.65. The number of carbonyl (C=O) groups is 2. The predicted molar refractivity (Wildman–Crippen MR) is 113 cm³/mol. The lowest BCUT2D eigenvalue weighted by atomic mass is 10.1. The van der Waals surface area contributed by atoms with Crippen molar-refractivity contribution in [1.29, 1.82) is 0 Å². The number of ether oxygens (including phenoxy) is 1. The number of benzene rings is 2. The number of hydrogen-bond acceptors (Lipinski definition) is 7. The van der Waals surface area contributed by atoms with Crippen LogP contribution in [0.1, 0.15) is 16.7 Å². The number of nitro groups is 1. The third kappa shape index (κ3) is 4.36. The van der Waals surface area contributed by atoms with E-state index in [0.717, 1.165) is 16.7 Å². The van der Waals surface area contributed by atoms with Gasteiger partial charge in [-0.05, 0) is 47.5 Å². The molecule has 154 valence electrons. The maximum absolute atomic E-state index is 12.7. The van der Waals surface area contributed by atoms with Gasteiger partial charge in [0.25, 0.3) is 16.8 Å². The summed E-state index contributed by atoms with van der Waals surface area (Å²) in [5.41, 5.74) is 1.72. The van der Waals surface area contributed by atoms with Crippen molar-refractivity contribution in [2.75, 3.05) is 7.11 Å². The summed E-state index contributed by atoms with van der Waals surface area (Å²) in [4.78, 5) is 36.7. The van der Waals surface area contributed by atoms with Crippen molar-refractivity contribution < 1.29 is 24.4 Å². The minimum Gasteiger partial charge on any atom is -0.504 e. The van der Waals surface area contributed by atoms with Crippen molar-refractivity contribution in [2.24, 2.45) is 0 Å². The van der Waals surface area contributed by atoms with Crippen molar-refractivity contribution in [1.82, 2.24) is 4.90 Å². The summed E-state index contributed by atoms with van der Waals surface area (Å²) in [6.07, 6.45) is 3.61. The smallest absolute Gasteiger partial charge is 0.293 e. The van der Waals surface area contributed by atoms with E-state index < -0.39 is 16.1 Å². The van der Waals surface area contributed by atoms with Gasteiger partial charge in [0.2, 0.25) is 0 Å². The third-order valence-corrected chi connectivity index (χ3v) is 5.33. The highest BCUT2D eigenvalue weighted by Gasteiger charge is 2.35. The Morgan fingerprint density at radius 2 is 1.97 bits per heavy atom. The van der Waals surface area contributed by atoms with Crippen LogP contribution in [-0.2, 0) is 17.8 Å². The molecule has 2 aromatic carbocycles. The van der Waals surface area contributed by atoms with Gasteiger partial charge in [-0.15, -0.1) is 6.58 Å². The largest absolute Gasteiger partial charge is 0.504 e. The van der Waals surface area contributed by atoms with Crippen LogP contribution in [0.2, 0.25) is 0 Å². The Morgan fingerprint density at radius 3 is 2.57 bits per heavy atom. The first kappa shape index (κ1) is 21.1. The molecule has 3 rings (SSSR count). The van der Waals surface area contributed by atoms with Crippen LogP contribution >= 0.6 is 11.8 Å². The number of non-ortho nitro benzene ring substituents is 1. The minimum atomic E-state index is -0.515.